The van der Waals surface area contributed by atoms with Gasteiger partial charge in [0.1, 0.15) is 5.76 Å². The van der Waals surface area contributed by atoms with Crippen molar-refractivity contribution in [3.8, 4) is 0 Å². The Kier molecular flexibility index (Phi) is 4.48. The minimum absolute atomic E-state index is 0.163. The number of oxazole rings is 1. The Morgan fingerprint density at radius 2 is 2.00 bits per heavy atom. The maximum atomic E-state index is 5.83. The van der Waals surface area contributed by atoms with Gasteiger partial charge >= 0.3 is 0 Å². The first kappa shape index (κ1) is 13.6. The van der Waals surface area contributed by atoms with Crippen molar-refractivity contribution in [2.24, 2.45) is 5.73 Å². The number of hydrogen-bond donors (Lipinski definition) is 1. The van der Waals surface area contributed by atoms with E-state index in [0.717, 1.165) is 15.9 Å². The number of thioether (sulfide) groups is 1. The highest BCUT2D eigenvalue weighted by Gasteiger charge is 2.15. The van der Waals surface area contributed by atoms with Crippen LogP contribution in [-0.2, 0) is 0 Å². The summed E-state index contributed by atoms with van der Waals surface area (Å²) in [5.41, 5.74) is 7.95. The van der Waals surface area contributed by atoms with Gasteiger partial charge in [-0.25, -0.2) is 4.98 Å². The molecule has 0 aliphatic heterocycles. The van der Waals surface area contributed by atoms with Crippen LogP contribution >= 0.6 is 27.7 Å². The van der Waals surface area contributed by atoms with Gasteiger partial charge in [0.25, 0.3) is 5.22 Å². The fourth-order valence-corrected chi connectivity index (χ4v) is 2.80. The Bertz CT molecular complexity index is 505. The smallest absolute Gasteiger partial charge is 0.256 e. The normalized spacial score (nSPS) is 12.7. The molecule has 1 atom stereocenters. The van der Waals surface area contributed by atoms with E-state index in [2.05, 4.69) is 33.0 Å². The zero-order valence-electron chi connectivity index (χ0n) is 10.3. The molecule has 0 spiro atoms. The van der Waals surface area contributed by atoms with Crippen molar-refractivity contribution in [1.29, 1.82) is 0 Å². The summed E-state index contributed by atoms with van der Waals surface area (Å²) in [5.74, 6) is 0.865. The van der Waals surface area contributed by atoms with Crippen molar-refractivity contribution in [2.75, 3.05) is 6.54 Å². The van der Waals surface area contributed by atoms with E-state index in [1.54, 1.807) is 11.8 Å². The predicted octanol–water partition coefficient (Wildman–Crippen LogP) is 3.85. The molecule has 0 aliphatic carbocycles. The van der Waals surface area contributed by atoms with Gasteiger partial charge in [-0.05, 0) is 31.5 Å². The van der Waals surface area contributed by atoms with Crippen LogP contribution in [0.3, 0.4) is 0 Å². The summed E-state index contributed by atoms with van der Waals surface area (Å²) in [7, 11) is 0. The average Bonchev–Trinajstić information content (AvgIpc) is 2.67. The van der Waals surface area contributed by atoms with Gasteiger partial charge in [-0.15, -0.1) is 0 Å². The third-order valence-corrected chi connectivity index (χ3v) is 4.36. The van der Waals surface area contributed by atoms with Crippen molar-refractivity contribution < 1.29 is 4.42 Å². The summed E-state index contributed by atoms with van der Waals surface area (Å²) < 4.78 is 6.64. The van der Waals surface area contributed by atoms with E-state index < -0.39 is 0 Å². The number of hydrogen-bond acceptors (Lipinski definition) is 4. The first-order valence-electron chi connectivity index (χ1n) is 5.66. The third kappa shape index (κ3) is 3.16. The highest BCUT2D eigenvalue weighted by atomic mass is 79.9. The van der Waals surface area contributed by atoms with Crippen LogP contribution in [0.4, 0.5) is 0 Å². The van der Waals surface area contributed by atoms with Crippen molar-refractivity contribution in [1.82, 2.24) is 4.98 Å². The Morgan fingerprint density at radius 3 is 2.50 bits per heavy atom. The lowest BCUT2D eigenvalue weighted by molar-refractivity contribution is 0.430. The van der Waals surface area contributed by atoms with Crippen molar-refractivity contribution >= 4 is 27.7 Å². The molecule has 3 nitrogen and oxygen atoms in total. The van der Waals surface area contributed by atoms with Crippen LogP contribution < -0.4 is 5.73 Å². The van der Waals surface area contributed by atoms with E-state index in [1.807, 2.05) is 26.0 Å². The molecule has 18 heavy (non-hydrogen) atoms. The van der Waals surface area contributed by atoms with E-state index in [-0.39, 0.29) is 5.25 Å². The van der Waals surface area contributed by atoms with Gasteiger partial charge in [0.2, 0.25) is 0 Å². The average molecular weight is 327 g/mol. The summed E-state index contributed by atoms with van der Waals surface area (Å²) in [6.07, 6.45) is 0. The highest BCUT2D eigenvalue weighted by molar-refractivity contribution is 9.10. The van der Waals surface area contributed by atoms with Crippen LogP contribution in [0.25, 0.3) is 0 Å². The topological polar surface area (TPSA) is 52.0 Å². The van der Waals surface area contributed by atoms with Crippen LogP contribution in [0.2, 0.25) is 0 Å². The molecule has 2 aromatic rings. The maximum absolute atomic E-state index is 5.83. The Labute approximate surface area is 119 Å². The van der Waals surface area contributed by atoms with Crippen molar-refractivity contribution in [3.63, 3.8) is 0 Å². The Hall–Kier alpha value is -0.780. The predicted molar refractivity (Wildman–Crippen MR) is 77.8 cm³/mol. The van der Waals surface area contributed by atoms with E-state index in [1.165, 1.54) is 5.56 Å². The number of rotatable bonds is 4. The number of halogens is 1. The van der Waals surface area contributed by atoms with Gasteiger partial charge in [0, 0.05) is 11.0 Å². The fourth-order valence-electron chi connectivity index (χ4n) is 1.55. The van der Waals surface area contributed by atoms with Crippen molar-refractivity contribution in [3.05, 3.63) is 45.8 Å². The zero-order valence-corrected chi connectivity index (χ0v) is 12.7. The van der Waals surface area contributed by atoms with Crippen LogP contribution in [0.15, 0.2) is 38.4 Å². The Morgan fingerprint density at radius 1 is 1.33 bits per heavy atom. The van der Waals surface area contributed by atoms with E-state index in [0.29, 0.717) is 11.8 Å². The summed E-state index contributed by atoms with van der Waals surface area (Å²) in [4.78, 5) is 4.37. The molecule has 5 heteroatoms. The molecule has 96 valence electrons. The summed E-state index contributed by atoms with van der Waals surface area (Å²) >= 11 is 4.99. The molecule has 2 N–H and O–H groups in total. The van der Waals surface area contributed by atoms with Gasteiger partial charge in [0.15, 0.2) is 0 Å². The largest absolute Gasteiger partial charge is 0.437 e. The number of benzene rings is 1. The first-order valence-corrected chi connectivity index (χ1v) is 7.33. The molecular weight excluding hydrogens is 312 g/mol. The zero-order chi connectivity index (χ0) is 13.1. The van der Waals surface area contributed by atoms with Crippen LogP contribution in [0.5, 0.6) is 0 Å². The quantitative estimate of drug-likeness (QED) is 0.867. The van der Waals surface area contributed by atoms with Gasteiger partial charge < -0.3 is 10.2 Å². The fraction of sp³-hybridized carbons (Fsp3) is 0.308. The minimum atomic E-state index is 0.163. The van der Waals surface area contributed by atoms with E-state index in [4.69, 9.17) is 10.2 Å². The number of aryl methyl sites for hydroxylation is 2. The molecule has 0 fully saturated rings. The monoisotopic (exact) mass is 326 g/mol. The summed E-state index contributed by atoms with van der Waals surface area (Å²) in [5, 5.41) is 0.846. The first-order chi connectivity index (χ1) is 8.60. The van der Waals surface area contributed by atoms with Crippen LogP contribution in [0.1, 0.15) is 22.3 Å². The number of nitrogens with zero attached hydrogens (tertiary/aromatic N) is 1. The molecule has 0 amide bonds. The lowest BCUT2D eigenvalue weighted by Crippen LogP contribution is -2.09. The van der Waals surface area contributed by atoms with Crippen LogP contribution in [-0.4, -0.2) is 11.5 Å². The molecule has 2 rings (SSSR count). The molecule has 0 saturated carbocycles. The van der Waals surface area contributed by atoms with E-state index in [9.17, 15) is 0 Å². The number of nitrogens with two attached hydrogens (primary N) is 1. The number of aromatic nitrogens is 1. The maximum Gasteiger partial charge on any atom is 0.256 e. The standard InChI is InChI=1S/C13H15BrN2OS/c1-8-9(2)17-13(16-8)18-12(7-15)10-3-5-11(14)6-4-10/h3-6,12H,7,15H2,1-2H3. The van der Waals surface area contributed by atoms with E-state index >= 15 is 0 Å². The summed E-state index contributed by atoms with van der Waals surface area (Å²) in [6, 6.07) is 8.17. The second kappa shape index (κ2) is 5.91. The molecule has 1 unspecified atom stereocenters. The third-order valence-electron chi connectivity index (χ3n) is 2.71. The molecule has 0 bridgehead atoms. The molecule has 1 heterocycles. The van der Waals surface area contributed by atoms with Gasteiger partial charge in [0.05, 0.1) is 10.9 Å². The molecule has 0 saturated heterocycles. The molecule has 0 aliphatic rings. The van der Waals surface area contributed by atoms with Gasteiger partial charge in [-0.2, -0.15) is 0 Å². The molecule has 1 aromatic heterocycles. The molecule has 1 aromatic carbocycles. The molecular formula is C13H15BrN2OS. The van der Waals surface area contributed by atoms with Crippen LogP contribution in [0, 0.1) is 13.8 Å². The summed E-state index contributed by atoms with van der Waals surface area (Å²) in [6.45, 7) is 4.41. The van der Waals surface area contributed by atoms with Gasteiger partial charge in [-0.1, -0.05) is 39.8 Å². The second-order valence-electron chi connectivity index (χ2n) is 4.02. The molecule has 0 radical (unpaired) electrons. The highest BCUT2D eigenvalue weighted by Crippen LogP contribution is 2.35. The second-order valence-corrected chi connectivity index (χ2v) is 6.08. The lowest BCUT2D eigenvalue weighted by atomic mass is 10.1. The van der Waals surface area contributed by atoms with Gasteiger partial charge in [-0.3, -0.25) is 0 Å². The SMILES string of the molecule is Cc1nc(SC(CN)c2ccc(Br)cc2)oc1C. The minimum Gasteiger partial charge on any atom is -0.437 e. The van der Waals surface area contributed by atoms with Crippen molar-refractivity contribution in [2.45, 2.75) is 24.3 Å². The lowest BCUT2D eigenvalue weighted by Gasteiger charge is -2.12. The Balaban J connectivity index is 2.16.